The molecule has 1 nitrogen and oxygen atoms in total. The average molecular weight is 239 g/mol. The lowest BCUT2D eigenvalue weighted by Gasteiger charge is -2.05. The third kappa shape index (κ3) is 7.02. The minimum absolute atomic E-state index is 0.872. The highest BCUT2D eigenvalue weighted by Gasteiger charge is 1.95. The Bertz CT molecular complexity index is 241. The highest BCUT2D eigenvalue weighted by molar-refractivity contribution is 7.09. The molecule has 0 aliphatic heterocycles. The summed E-state index contributed by atoms with van der Waals surface area (Å²) in [5, 5.41) is 5.64. The lowest BCUT2D eigenvalue weighted by molar-refractivity contribution is 0.512. The number of hydrogen-bond acceptors (Lipinski definition) is 2. The molecule has 1 aromatic heterocycles. The molecule has 1 rings (SSSR count). The van der Waals surface area contributed by atoms with Crippen LogP contribution in [0.1, 0.15) is 50.8 Å². The van der Waals surface area contributed by atoms with E-state index in [4.69, 9.17) is 0 Å². The third-order valence-corrected chi connectivity index (χ3v) is 3.64. The van der Waals surface area contributed by atoms with Crippen molar-refractivity contribution in [3.05, 3.63) is 22.4 Å². The molecule has 0 saturated carbocycles. The van der Waals surface area contributed by atoms with Crippen molar-refractivity contribution >= 4 is 11.3 Å². The first-order valence-electron chi connectivity index (χ1n) is 6.52. The number of nitrogens with one attached hydrogen (secondary N) is 1. The second-order valence-corrected chi connectivity index (χ2v) is 5.89. The van der Waals surface area contributed by atoms with Crippen LogP contribution in [0.2, 0.25) is 0 Å². The van der Waals surface area contributed by atoms with E-state index in [-0.39, 0.29) is 0 Å². The fourth-order valence-corrected chi connectivity index (χ4v) is 2.46. The lowest BCUT2D eigenvalue weighted by atomic mass is 10.0. The summed E-state index contributed by atoms with van der Waals surface area (Å²) in [6, 6.07) is 4.31. The maximum Gasteiger partial charge on any atom is 0.0299 e. The molecular formula is C14H25NS. The topological polar surface area (TPSA) is 12.0 Å². The molecule has 0 radical (unpaired) electrons. The molecule has 0 amide bonds. The summed E-state index contributed by atoms with van der Waals surface area (Å²) >= 11 is 1.84. The first kappa shape index (κ1) is 13.7. The molecule has 0 saturated heterocycles. The van der Waals surface area contributed by atoms with Crippen LogP contribution in [0.25, 0.3) is 0 Å². The summed E-state index contributed by atoms with van der Waals surface area (Å²) in [5.41, 5.74) is 0. The van der Waals surface area contributed by atoms with Crippen molar-refractivity contribution in [2.45, 2.75) is 52.5 Å². The Kier molecular flexibility index (Phi) is 7.52. The van der Waals surface area contributed by atoms with E-state index >= 15 is 0 Å². The second kappa shape index (κ2) is 8.77. The van der Waals surface area contributed by atoms with Gasteiger partial charge in [0.1, 0.15) is 0 Å². The zero-order chi connectivity index (χ0) is 11.6. The zero-order valence-electron chi connectivity index (χ0n) is 10.7. The smallest absolute Gasteiger partial charge is 0.0299 e. The van der Waals surface area contributed by atoms with Gasteiger partial charge in [0.2, 0.25) is 0 Å². The first-order valence-corrected chi connectivity index (χ1v) is 7.40. The highest BCUT2D eigenvalue weighted by Crippen LogP contribution is 2.09. The first-order chi connectivity index (χ1) is 7.79. The summed E-state index contributed by atoms with van der Waals surface area (Å²) in [6.45, 7) is 6.83. The molecule has 0 spiro atoms. The zero-order valence-corrected chi connectivity index (χ0v) is 11.5. The number of thiophene rings is 1. The molecule has 92 valence electrons. The standard InChI is InChI=1S/C14H25NS/c1-13(2)8-5-3-4-6-10-15-12-14-9-7-11-16-14/h7,9,11,13,15H,3-6,8,10,12H2,1-2H3. The van der Waals surface area contributed by atoms with Crippen molar-refractivity contribution in [3.63, 3.8) is 0 Å². The van der Waals surface area contributed by atoms with Gasteiger partial charge in [-0.25, -0.2) is 0 Å². The largest absolute Gasteiger partial charge is 0.312 e. The van der Waals surface area contributed by atoms with Gasteiger partial charge in [-0.2, -0.15) is 0 Å². The van der Waals surface area contributed by atoms with Gasteiger partial charge in [-0.3, -0.25) is 0 Å². The number of rotatable bonds is 9. The Morgan fingerprint density at radius 1 is 1.19 bits per heavy atom. The van der Waals surface area contributed by atoms with Gasteiger partial charge in [-0.05, 0) is 30.3 Å². The van der Waals surface area contributed by atoms with Gasteiger partial charge in [0.05, 0.1) is 0 Å². The van der Waals surface area contributed by atoms with E-state index in [1.54, 1.807) is 0 Å². The van der Waals surface area contributed by atoms with Gasteiger partial charge in [0.15, 0.2) is 0 Å². The van der Waals surface area contributed by atoms with Crippen molar-refractivity contribution in [2.75, 3.05) is 6.54 Å². The van der Waals surface area contributed by atoms with E-state index in [1.807, 2.05) is 11.3 Å². The molecule has 16 heavy (non-hydrogen) atoms. The van der Waals surface area contributed by atoms with Crippen LogP contribution in [0.4, 0.5) is 0 Å². The van der Waals surface area contributed by atoms with Crippen LogP contribution in [0.15, 0.2) is 17.5 Å². The predicted octanol–water partition coefficient (Wildman–Crippen LogP) is 4.44. The fourth-order valence-electron chi connectivity index (χ4n) is 1.78. The Morgan fingerprint density at radius 2 is 2.00 bits per heavy atom. The van der Waals surface area contributed by atoms with Crippen LogP contribution in [-0.4, -0.2) is 6.54 Å². The Balaban J connectivity index is 1.82. The normalized spacial score (nSPS) is 11.2. The van der Waals surface area contributed by atoms with E-state index in [0.717, 1.165) is 12.5 Å². The van der Waals surface area contributed by atoms with Crippen LogP contribution in [0.5, 0.6) is 0 Å². The van der Waals surface area contributed by atoms with Gasteiger partial charge < -0.3 is 5.32 Å². The van der Waals surface area contributed by atoms with Crippen molar-refractivity contribution < 1.29 is 0 Å². The van der Waals surface area contributed by atoms with Crippen LogP contribution < -0.4 is 5.32 Å². The van der Waals surface area contributed by atoms with E-state index in [9.17, 15) is 0 Å². The van der Waals surface area contributed by atoms with E-state index in [2.05, 4.69) is 36.7 Å². The van der Waals surface area contributed by atoms with Gasteiger partial charge in [0, 0.05) is 11.4 Å². The van der Waals surface area contributed by atoms with Crippen LogP contribution in [0, 0.1) is 5.92 Å². The summed E-state index contributed by atoms with van der Waals surface area (Å²) in [5.74, 6) is 0.872. The molecule has 0 aliphatic rings. The monoisotopic (exact) mass is 239 g/mol. The summed E-state index contributed by atoms with van der Waals surface area (Å²) in [7, 11) is 0. The fraction of sp³-hybridized carbons (Fsp3) is 0.714. The molecule has 1 aromatic rings. The Labute approximate surface area is 104 Å². The molecule has 1 N–H and O–H groups in total. The molecule has 1 heterocycles. The third-order valence-electron chi connectivity index (χ3n) is 2.76. The summed E-state index contributed by atoms with van der Waals surface area (Å²) in [4.78, 5) is 1.44. The van der Waals surface area contributed by atoms with Crippen molar-refractivity contribution in [1.82, 2.24) is 5.32 Å². The molecule has 0 aromatic carbocycles. The molecule has 0 bridgehead atoms. The summed E-state index contributed by atoms with van der Waals surface area (Å²) < 4.78 is 0. The highest BCUT2D eigenvalue weighted by atomic mass is 32.1. The number of unbranched alkanes of at least 4 members (excludes halogenated alkanes) is 3. The van der Waals surface area contributed by atoms with Crippen molar-refractivity contribution in [2.24, 2.45) is 5.92 Å². The molecule has 0 aliphatic carbocycles. The van der Waals surface area contributed by atoms with E-state index in [1.165, 1.54) is 43.5 Å². The van der Waals surface area contributed by atoms with Gasteiger partial charge >= 0.3 is 0 Å². The van der Waals surface area contributed by atoms with Crippen molar-refractivity contribution in [1.29, 1.82) is 0 Å². The molecule has 0 fully saturated rings. The van der Waals surface area contributed by atoms with Crippen LogP contribution in [-0.2, 0) is 6.54 Å². The molecule has 0 unspecified atom stereocenters. The lowest BCUT2D eigenvalue weighted by Crippen LogP contribution is -2.13. The van der Waals surface area contributed by atoms with Crippen molar-refractivity contribution in [3.8, 4) is 0 Å². The average Bonchev–Trinajstić information content (AvgIpc) is 2.74. The number of hydrogen-bond donors (Lipinski definition) is 1. The second-order valence-electron chi connectivity index (χ2n) is 4.85. The molecule has 2 heteroatoms. The summed E-state index contributed by atoms with van der Waals surface area (Å²) in [6.07, 6.45) is 6.90. The molecule has 0 atom stereocenters. The van der Waals surface area contributed by atoms with Crippen LogP contribution >= 0.6 is 11.3 Å². The SMILES string of the molecule is CC(C)CCCCCCNCc1cccs1. The Morgan fingerprint density at radius 3 is 2.69 bits per heavy atom. The van der Waals surface area contributed by atoms with E-state index in [0.29, 0.717) is 0 Å². The Hall–Kier alpha value is -0.340. The minimum Gasteiger partial charge on any atom is -0.312 e. The predicted molar refractivity (Wildman–Crippen MR) is 73.9 cm³/mol. The maximum absolute atomic E-state index is 3.50. The van der Waals surface area contributed by atoms with Crippen LogP contribution in [0.3, 0.4) is 0 Å². The van der Waals surface area contributed by atoms with Gasteiger partial charge in [-0.1, -0.05) is 45.6 Å². The van der Waals surface area contributed by atoms with E-state index < -0.39 is 0 Å². The molecular weight excluding hydrogens is 214 g/mol. The quantitative estimate of drug-likeness (QED) is 0.628. The maximum atomic E-state index is 3.50. The van der Waals surface area contributed by atoms with Gasteiger partial charge in [0.25, 0.3) is 0 Å². The minimum atomic E-state index is 0.872. The van der Waals surface area contributed by atoms with Gasteiger partial charge in [-0.15, -0.1) is 11.3 Å².